The van der Waals surface area contributed by atoms with Crippen LogP contribution in [-0.2, 0) is 0 Å². The van der Waals surface area contributed by atoms with E-state index in [2.05, 4.69) is 19.9 Å². The number of methoxy groups -OCH3 is 2. The van der Waals surface area contributed by atoms with Crippen LogP contribution in [0.3, 0.4) is 0 Å². The molecule has 7 nitrogen and oxygen atoms in total. The van der Waals surface area contributed by atoms with E-state index in [0.717, 1.165) is 16.7 Å². The Balaban J connectivity index is 0.000000151. The van der Waals surface area contributed by atoms with Crippen LogP contribution in [0.2, 0.25) is 5.15 Å². The third-order valence-corrected chi connectivity index (χ3v) is 3.95. The van der Waals surface area contributed by atoms with E-state index in [-0.39, 0.29) is 5.56 Å². The maximum atomic E-state index is 11.2. The fourth-order valence-electron chi connectivity index (χ4n) is 2.31. The van der Waals surface area contributed by atoms with Gasteiger partial charge in [0.15, 0.2) is 0 Å². The molecule has 0 aliphatic heterocycles. The second-order valence-electron chi connectivity index (χ2n) is 5.16. The molecule has 132 valence electrons. The van der Waals surface area contributed by atoms with Crippen molar-refractivity contribution in [2.75, 3.05) is 14.2 Å². The van der Waals surface area contributed by atoms with Crippen molar-refractivity contribution in [3.8, 4) is 11.5 Å². The van der Waals surface area contributed by atoms with Crippen molar-refractivity contribution in [2.45, 2.75) is 0 Å². The quantitative estimate of drug-likeness (QED) is 0.545. The number of H-pyrrole nitrogens is 1. The normalized spacial score (nSPS) is 10.3. The lowest BCUT2D eigenvalue weighted by atomic mass is 10.2. The van der Waals surface area contributed by atoms with Gasteiger partial charge in [0.25, 0.3) is 5.56 Å². The molecule has 2 heterocycles. The van der Waals surface area contributed by atoms with Crippen LogP contribution >= 0.6 is 11.6 Å². The zero-order valence-corrected chi connectivity index (χ0v) is 14.8. The van der Waals surface area contributed by atoms with Crippen LogP contribution in [0.25, 0.3) is 21.8 Å². The number of fused-ring (bicyclic) bond motifs is 2. The third kappa shape index (κ3) is 3.73. The van der Waals surface area contributed by atoms with E-state index in [1.54, 1.807) is 32.4 Å². The van der Waals surface area contributed by atoms with E-state index in [4.69, 9.17) is 21.1 Å². The van der Waals surface area contributed by atoms with Crippen LogP contribution in [0, 0.1) is 0 Å². The number of hydrogen-bond donors (Lipinski definition) is 1. The van der Waals surface area contributed by atoms with E-state index < -0.39 is 0 Å². The molecule has 2 aromatic carbocycles. The molecule has 0 fully saturated rings. The molecule has 0 amide bonds. The second kappa shape index (κ2) is 7.79. The first-order valence-corrected chi connectivity index (χ1v) is 7.96. The highest BCUT2D eigenvalue weighted by Gasteiger charge is 2.01. The number of benzene rings is 2. The van der Waals surface area contributed by atoms with Gasteiger partial charge >= 0.3 is 0 Å². The molecule has 0 atom stereocenters. The van der Waals surface area contributed by atoms with Gasteiger partial charge in [-0.1, -0.05) is 11.6 Å². The summed E-state index contributed by atoms with van der Waals surface area (Å²) in [6, 6.07) is 10.7. The number of hydrogen-bond acceptors (Lipinski definition) is 6. The van der Waals surface area contributed by atoms with Crippen LogP contribution in [-0.4, -0.2) is 34.2 Å². The first kappa shape index (κ1) is 17.6. The molecular formula is C18H15ClN4O3. The Bertz CT molecular complexity index is 1110. The molecule has 8 heteroatoms. The van der Waals surface area contributed by atoms with Crippen molar-refractivity contribution < 1.29 is 9.47 Å². The first-order chi connectivity index (χ1) is 12.6. The fourth-order valence-corrected chi connectivity index (χ4v) is 2.51. The van der Waals surface area contributed by atoms with Crippen molar-refractivity contribution in [3.05, 3.63) is 64.6 Å². The van der Waals surface area contributed by atoms with Crippen LogP contribution in [0.4, 0.5) is 0 Å². The van der Waals surface area contributed by atoms with Gasteiger partial charge in [0.2, 0.25) is 0 Å². The Labute approximate surface area is 153 Å². The average Bonchev–Trinajstić information content (AvgIpc) is 2.68. The van der Waals surface area contributed by atoms with Crippen LogP contribution in [0.15, 0.2) is 53.8 Å². The van der Waals surface area contributed by atoms with Gasteiger partial charge in [-0.05, 0) is 24.3 Å². The van der Waals surface area contributed by atoms with Crippen molar-refractivity contribution in [1.82, 2.24) is 19.9 Å². The Morgan fingerprint density at radius 2 is 1.50 bits per heavy atom. The lowest BCUT2D eigenvalue weighted by molar-refractivity contribution is 0.415. The van der Waals surface area contributed by atoms with E-state index >= 15 is 0 Å². The maximum absolute atomic E-state index is 11.2. The number of rotatable bonds is 2. The Morgan fingerprint density at radius 3 is 2.15 bits per heavy atom. The number of aromatic amines is 1. The summed E-state index contributed by atoms with van der Waals surface area (Å²) in [6.45, 7) is 0. The Kier molecular flexibility index (Phi) is 5.28. The summed E-state index contributed by atoms with van der Waals surface area (Å²) < 4.78 is 10.1. The highest BCUT2D eigenvalue weighted by Crippen LogP contribution is 2.23. The first-order valence-electron chi connectivity index (χ1n) is 7.58. The monoisotopic (exact) mass is 370 g/mol. The highest BCUT2D eigenvalue weighted by atomic mass is 35.5. The van der Waals surface area contributed by atoms with E-state index in [1.165, 1.54) is 12.7 Å². The van der Waals surface area contributed by atoms with Gasteiger partial charge in [-0.25, -0.2) is 15.0 Å². The van der Waals surface area contributed by atoms with E-state index in [0.29, 0.717) is 21.8 Å². The average molecular weight is 371 g/mol. The third-order valence-electron chi connectivity index (χ3n) is 3.64. The number of aromatic nitrogens is 4. The minimum Gasteiger partial charge on any atom is -0.497 e. The van der Waals surface area contributed by atoms with E-state index in [1.807, 2.05) is 18.2 Å². The zero-order chi connectivity index (χ0) is 18.5. The minimum atomic E-state index is -0.132. The molecular weight excluding hydrogens is 356 g/mol. The van der Waals surface area contributed by atoms with Gasteiger partial charge in [-0.15, -0.1) is 0 Å². The molecule has 0 saturated heterocycles. The number of nitrogens with one attached hydrogen (secondary N) is 1. The molecule has 0 unspecified atom stereocenters. The second-order valence-corrected chi connectivity index (χ2v) is 5.52. The van der Waals surface area contributed by atoms with Crippen LogP contribution in [0.1, 0.15) is 0 Å². The van der Waals surface area contributed by atoms with Gasteiger partial charge in [0.05, 0.1) is 37.0 Å². The molecule has 0 radical (unpaired) electrons. The number of nitrogens with zero attached hydrogens (tertiary/aromatic N) is 3. The predicted octanol–water partition coefficient (Wildman–Crippen LogP) is 3.22. The molecule has 0 saturated carbocycles. The summed E-state index contributed by atoms with van der Waals surface area (Å²) in [5.74, 6) is 1.47. The SMILES string of the molecule is COc1ccc2c(=O)[nH]cnc2c1.COc1ccc2c(Cl)ncnc2c1. The molecule has 0 aliphatic rings. The fraction of sp³-hybridized carbons (Fsp3) is 0.111. The van der Waals surface area contributed by atoms with Crippen LogP contribution in [0.5, 0.6) is 11.5 Å². The molecule has 0 spiro atoms. The molecule has 2 aromatic heterocycles. The molecule has 26 heavy (non-hydrogen) atoms. The number of halogens is 1. The minimum absolute atomic E-state index is 0.132. The summed E-state index contributed by atoms with van der Waals surface area (Å²) in [5, 5.41) is 1.88. The number of ether oxygens (including phenoxy) is 2. The summed E-state index contributed by atoms with van der Waals surface area (Å²) >= 11 is 5.86. The van der Waals surface area contributed by atoms with Gasteiger partial charge in [0, 0.05) is 17.5 Å². The Morgan fingerprint density at radius 1 is 0.885 bits per heavy atom. The van der Waals surface area contributed by atoms with Gasteiger partial charge in [-0.3, -0.25) is 4.79 Å². The van der Waals surface area contributed by atoms with Crippen molar-refractivity contribution >= 4 is 33.4 Å². The van der Waals surface area contributed by atoms with Crippen molar-refractivity contribution in [3.63, 3.8) is 0 Å². The van der Waals surface area contributed by atoms with Gasteiger partial charge in [-0.2, -0.15) is 0 Å². The van der Waals surface area contributed by atoms with Crippen LogP contribution < -0.4 is 15.0 Å². The summed E-state index contributed by atoms with van der Waals surface area (Å²) in [4.78, 5) is 25.7. The molecule has 0 aliphatic carbocycles. The van der Waals surface area contributed by atoms with Crippen molar-refractivity contribution in [2.24, 2.45) is 0 Å². The summed E-state index contributed by atoms with van der Waals surface area (Å²) in [7, 11) is 3.19. The molecule has 4 rings (SSSR count). The topological polar surface area (TPSA) is 90.0 Å². The molecule has 4 aromatic rings. The maximum Gasteiger partial charge on any atom is 0.258 e. The van der Waals surface area contributed by atoms with Crippen molar-refractivity contribution in [1.29, 1.82) is 0 Å². The van der Waals surface area contributed by atoms with E-state index in [9.17, 15) is 4.79 Å². The highest BCUT2D eigenvalue weighted by molar-refractivity contribution is 6.34. The molecule has 1 N–H and O–H groups in total. The smallest absolute Gasteiger partial charge is 0.258 e. The van der Waals surface area contributed by atoms with Gasteiger partial charge < -0.3 is 14.5 Å². The zero-order valence-electron chi connectivity index (χ0n) is 14.1. The Hall–Kier alpha value is -3.19. The lowest BCUT2D eigenvalue weighted by Gasteiger charge is -2.01. The lowest BCUT2D eigenvalue weighted by Crippen LogP contribution is -2.05. The summed E-state index contributed by atoms with van der Waals surface area (Å²) in [6.07, 6.45) is 2.81. The van der Waals surface area contributed by atoms with Gasteiger partial charge in [0.1, 0.15) is 23.0 Å². The summed E-state index contributed by atoms with van der Waals surface area (Å²) in [5.41, 5.74) is 1.30. The predicted molar refractivity (Wildman–Crippen MR) is 100 cm³/mol. The standard InChI is InChI=1S/C9H7ClN2O.C9H8N2O2/c1-13-6-2-3-7-8(4-6)11-5-12-9(7)10;1-13-6-2-3-7-8(4-6)10-5-11-9(7)12/h2-5H,1H3;2-5H,1H3,(H,10,11,12). The molecule has 0 bridgehead atoms. The largest absolute Gasteiger partial charge is 0.497 e.